The first-order valence-corrected chi connectivity index (χ1v) is 5.70. The monoisotopic (exact) mass is 247 g/mol. The predicted molar refractivity (Wildman–Crippen MR) is 69.1 cm³/mol. The van der Waals surface area contributed by atoms with Crippen molar-refractivity contribution in [1.82, 2.24) is 5.32 Å². The number of hydrogen-bond acceptors (Lipinski definition) is 3. The van der Waals surface area contributed by atoms with Crippen LogP contribution in [0.4, 0.5) is 0 Å². The van der Waals surface area contributed by atoms with E-state index in [9.17, 15) is 9.59 Å². The van der Waals surface area contributed by atoms with E-state index in [1.807, 2.05) is 6.07 Å². The number of ether oxygens (including phenoxy) is 1. The van der Waals surface area contributed by atoms with Crippen LogP contribution in [0.5, 0.6) is 0 Å². The van der Waals surface area contributed by atoms with Crippen molar-refractivity contribution in [3.05, 3.63) is 48.0 Å². The van der Waals surface area contributed by atoms with Crippen molar-refractivity contribution in [3.63, 3.8) is 0 Å². The summed E-state index contributed by atoms with van der Waals surface area (Å²) >= 11 is 0. The Morgan fingerprint density at radius 2 is 1.94 bits per heavy atom. The first kappa shape index (κ1) is 14.0. The molecule has 0 spiro atoms. The van der Waals surface area contributed by atoms with Gasteiger partial charge in [-0.05, 0) is 26.0 Å². The molecule has 0 bridgehead atoms. The maximum Gasteiger partial charge on any atom is 0.338 e. The molecule has 0 aliphatic carbocycles. The Kier molecular flexibility index (Phi) is 5.11. The van der Waals surface area contributed by atoms with Gasteiger partial charge in [0.2, 0.25) is 5.91 Å². The summed E-state index contributed by atoms with van der Waals surface area (Å²) in [6, 6.07) is 8.73. The second-order valence-electron chi connectivity index (χ2n) is 4.07. The van der Waals surface area contributed by atoms with E-state index in [1.165, 1.54) is 0 Å². The zero-order chi connectivity index (χ0) is 13.5. The highest BCUT2D eigenvalue weighted by Crippen LogP contribution is 2.03. The Hall–Kier alpha value is -2.10. The van der Waals surface area contributed by atoms with Crippen molar-refractivity contribution in [1.29, 1.82) is 0 Å². The van der Waals surface area contributed by atoms with E-state index in [-0.39, 0.29) is 18.6 Å². The molecule has 0 radical (unpaired) electrons. The molecule has 1 unspecified atom stereocenters. The van der Waals surface area contributed by atoms with Crippen LogP contribution in [-0.2, 0) is 9.53 Å². The van der Waals surface area contributed by atoms with Crippen LogP contribution < -0.4 is 5.32 Å². The molecule has 1 rings (SSSR count). The van der Waals surface area contributed by atoms with E-state index < -0.39 is 5.97 Å². The topological polar surface area (TPSA) is 55.4 Å². The third-order valence-corrected chi connectivity index (χ3v) is 2.26. The summed E-state index contributed by atoms with van der Waals surface area (Å²) in [5, 5.41) is 2.62. The number of benzene rings is 1. The largest absolute Gasteiger partial charge is 0.457 e. The highest BCUT2D eigenvalue weighted by Gasteiger charge is 2.12. The molecule has 0 saturated heterocycles. The van der Waals surface area contributed by atoms with E-state index >= 15 is 0 Å². The smallest absolute Gasteiger partial charge is 0.338 e. The summed E-state index contributed by atoms with van der Waals surface area (Å²) in [7, 11) is 0. The lowest BCUT2D eigenvalue weighted by atomic mass is 10.2. The van der Waals surface area contributed by atoms with Crippen molar-refractivity contribution in [3.8, 4) is 0 Å². The molecule has 4 nitrogen and oxygen atoms in total. The van der Waals surface area contributed by atoms with E-state index in [0.29, 0.717) is 11.1 Å². The molecule has 18 heavy (non-hydrogen) atoms. The molecule has 0 heterocycles. The van der Waals surface area contributed by atoms with Gasteiger partial charge in [-0.15, -0.1) is 0 Å². The second kappa shape index (κ2) is 6.59. The van der Waals surface area contributed by atoms with E-state index in [0.717, 1.165) is 0 Å². The number of carbonyl (C=O) groups excluding carboxylic acids is 2. The van der Waals surface area contributed by atoms with Crippen LogP contribution in [0, 0.1) is 0 Å². The van der Waals surface area contributed by atoms with Gasteiger partial charge in [0.25, 0.3) is 0 Å². The molecular formula is C14H17NO3. The highest BCUT2D eigenvalue weighted by molar-refractivity contribution is 5.92. The summed E-state index contributed by atoms with van der Waals surface area (Å²) in [4.78, 5) is 22.9. The van der Waals surface area contributed by atoms with Gasteiger partial charge in [-0.1, -0.05) is 24.8 Å². The van der Waals surface area contributed by atoms with Crippen molar-refractivity contribution in [2.24, 2.45) is 0 Å². The molecule has 0 aliphatic heterocycles. The van der Waals surface area contributed by atoms with Crippen LogP contribution in [0.2, 0.25) is 0 Å². The Morgan fingerprint density at radius 3 is 2.50 bits per heavy atom. The van der Waals surface area contributed by atoms with Gasteiger partial charge in [0.15, 0.2) is 0 Å². The molecule has 1 N–H and O–H groups in total. The van der Waals surface area contributed by atoms with Crippen LogP contribution in [0.1, 0.15) is 24.2 Å². The zero-order valence-electron chi connectivity index (χ0n) is 10.6. The maximum atomic E-state index is 11.7. The molecule has 4 heteroatoms. The molecule has 1 atom stereocenters. The summed E-state index contributed by atoms with van der Waals surface area (Å²) in [6.07, 6.45) is -0.388. The molecular weight excluding hydrogens is 230 g/mol. The van der Waals surface area contributed by atoms with Gasteiger partial charge < -0.3 is 10.1 Å². The molecule has 1 aromatic carbocycles. The molecule has 1 aromatic rings. The average molecular weight is 247 g/mol. The SMILES string of the molecule is C=C(C)C(=O)NCC(C)OC(=O)c1ccccc1. The van der Waals surface area contributed by atoms with Gasteiger partial charge in [-0.2, -0.15) is 0 Å². The fourth-order valence-electron chi connectivity index (χ4n) is 1.25. The van der Waals surface area contributed by atoms with Gasteiger partial charge >= 0.3 is 5.97 Å². The lowest BCUT2D eigenvalue weighted by molar-refractivity contribution is -0.117. The number of rotatable bonds is 5. The standard InChI is InChI=1S/C14H17NO3/c1-10(2)13(16)15-9-11(3)18-14(17)12-7-5-4-6-8-12/h4-8,11H,1,9H2,2-3H3,(H,15,16). The molecule has 1 amide bonds. The minimum atomic E-state index is -0.396. The van der Waals surface area contributed by atoms with Crippen molar-refractivity contribution >= 4 is 11.9 Å². The quantitative estimate of drug-likeness (QED) is 0.639. The van der Waals surface area contributed by atoms with Crippen LogP contribution in [0.15, 0.2) is 42.5 Å². The van der Waals surface area contributed by atoms with Crippen molar-refractivity contribution in [2.75, 3.05) is 6.54 Å². The van der Waals surface area contributed by atoms with Gasteiger partial charge in [0.1, 0.15) is 6.10 Å². The molecule has 0 aliphatic rings. The maximum absolute atomic E-state index is 11.7. The minimum absolute atomic E-state index is 0.238. The number of hydrogen-bond donors (Lipinski definition) is 1. The molecule has 0 fully saturated rings. The van der Waals surface area contributed by atoms with Gasteiger partial charge in [0, 0.05) is 5.57 Å². The van der Waals surface area contributed by atoms with Crippen LogP contribution in [0.3, 0.4) is 0 Å². The van der Waals surface area contributed by atoms with E-state index in [4.69, 9.17) is 4.74 Å². The van der Waals surface area contributed by atoms with Crippen LogP contribution >= 0.6 is 0 Å². The molecule has 0 saturated carbocycles. The van der Waals surface area contributed by atoms with Crippen molar-refractivity contribution < 1.29 is 14.3 Å². The lowest BCUT2D eigenvalue weighted by Crippen LogP contribution is -2.33. The number of nitrogens with one attached hydrogen (secondary N) is 1. The van der Waals surface area contributed by atoms with Crippen molar-refractivity contribution in [2.45, 2.75) is 20.0 Å². The zero-order valence-corrected chi connectivity index (χ0v) is 10.6. The Morgan fingerprint density at radius 1 is 1.33 bits per heavy atom. The van der Waals surface area contributed by atoms with Gasteiger partial charge in [0.05, 0.1) is 12.1 Å². The number of carbonyl (C=O) groups is 2. The summed E-state index contributed by atoms with van der Waals surface area (Å²) in [5.74, 6) is -0.634. The summed E-state index contributed by atoms with van der Waals surface area (Å²) in [6.45, 7) is 7.13. The first-order chi connectivity index (χ1) is 8.50. The van der Waals surface area contributed by atoms with E-state index in [2.05, 4.69) is 11.9 Å². The third-order valence-electron chi connectivity index (χ3n) is 2.26. The van der Waals surface area contributed by atoms with Gasteiger partial charge in [-0.3, -0.25) is 4.79 Å². The Balaban J connectivity index is 2.41. The second-order valence-corrected chi connectivity index (χ2v) is 4.07. The normalized spacial score (nSPS) is 11.4. The fraction of sp³-hybridized carbons (Fsp3) is 0.286. The minimum Gasteiger partial charge on any atom is -0.457 e. The first-order valence-electron chi connectivity index (χ1n) is 5.70. The van der Waals surface area contributed by atoms with Crippen LogP contribution in [0.25, 0.3) is 0 Å². The predicted octanol–water partition coefficient (Wildman–Crippen LogP) is 1.92. The van der Waals surface area contributed by atoms with E-state index in [1.54, 1.807) is 38.1 Å². The molecule has 0 aromatic heterocycles. The Bertz CT molecular complexity index is 440. The fourth-order valence-corrected chi connectivity index (χ4v) is 1.25. The lowest BCUT2D eigenvalue weighted by Gasteiger charge is -2.14. The highest BCUT2D eigenvalue weighted by atomic mass is 16.5. The number of esters is 1. The summed E-state index contributed by atoms with van der Waals surface area (Å²) in [5.41, 5.74) is 0.923. The Labute approximate surface area is 107 Å². The number of amides is 1. The van der Waals surface area contributed by atoms with Gasteiger partial charge in [-0.25, -0.2) is 4.79 Å². The average Bonchev–Trinajstić information content (AvgIpc) is 2.36. The van der Waals surface area contributed by atoms with Crippen LogP contribution in [-0.4, -0.2) is 24.5 Å². The summed E-state index contributed by atoms with van der Waals surface area (Å²) < 4.78 is 5.18. The molecule has 96 valence electrons. The third kappa shape index (κ3) is 4.41.